The predicted molar refractivity (Wildman–Crippen MR) is 104 cm³/mol. The molecule has 1 aromatic carbocycles. The Hall–Kier alpha value is -3.85. The Bertz CT molecular complexity index is 1000. The van der Waals surface area contributed by atoms with Gasteiger partial charge in [-0.15, -0.1) is 5.10 Å². The summed E-state index contributed by atoms with van der Waals surface area (Å²) in [5, 5.41) is 25.2. The van der Waals surface area contributed by atoms with Gasteiger partial charge in [-0.25, -0.2) is 9.48 Å². The SMILES string of the molecule is N#CC=C1CCN(c2ccc(N3CC(Cn4cc(C#N)nn4)OC3=O)cc2)CC1. The van der Waals surface area contributed by atoms with Crippen molar-refractivity contribution in [1.82, 2.24) is 15.0 Å². The molecule has 0 N–H and O–H groups in total. The van der Waals surface area contributed by atoms with E-state index in [0.29, 0.717) is 13.1 Å². The van der Waals surface area contributed by atoms with E-state index < -0.39 is 6.09 Å². The molecule has 3 heterocycles. The molecule has 2 aromatic rings. The number of rotatable bonds is 4. The lowest BCUT2D eigenvalue weighted by atomic mass is 10.0. The van der Waals surface area contributed by atoms with Gasteiger partial charge in [-0.3, -0.25) is 4.90 Å². The molecule has 0 radical (unpaired) electrons. The van der Waals surface area contributed by atoms with Crippen molar-refractivity contribution < 1.29 is 9.53 Å². The van der Waals surface area contributed by atoms with E-state index in [9.17, 15) is 4.79 Å². The number of hydrogen-bond acceptors (Lipinski definition) is 7. The molecule has 29 heavy (non-hydrogen) atoms. The molecule has 1 amide bonds. The monoisotopic (exact) mass is 389 g/mol. The van der Waals surface area contributed by atoms with Crippen LogP contribution in [0.3, 0.4) is 0 Å². The number of anilines is 2. The highest BCUT2D eigenvalue weighted by atomic mass is 16.6. The zero-order valence-corrected chi connectivity index (χ0v) is 15.7. The molecule has 2 saturated heterocycles. The third kappa shape index (κ3) is 4.04. The smallest absolute Gasteiger partial charge is 0.414 e. The van der Waals surface area contributed by atoms with E-state index in [1.165, 1.54) is 16.5 Å². The van der Waals surface area contributed by atoms with Crippen LogP contribution in [-0.4, -0.2) is 46.8 Å². The summed E-state index contributed by atoms with van der Waals surface area (Å²) in [5.74, 6) is 0. The number of piperidine rings is 1. The number of cyclic esters (lactones) is 1. The number of amides is 1. The first-order valence-corrected chi connectivity index (χ1v) is 9.37. The van der Waals surface area contributed by atoms with Crippen LogP contribution in [0, 0.1) is 22.7 Å². The average Bonchev–Trinajstić information content (AvgIpc) is 3.35. The minimum Gasteiger partial charge on any atom is -0.442 e. The van der Waals surface area contributed by atoms with Gasteiger partial charge in [0.2, 0.25) is 0 Å². The number of nitriles is 2. The summed E-state index contributed by atoms with van der Waals surface area (Å²) in [5.41, 5.74) is 3.30. The van der Waals surface area contributed by atoms with Crippen molar-refractivity contribution in [1.29, 1.82) is 10.5 Å². The molecule has 2 fully saturated rings. The summed E-state index contributed by atoms with van der Waals surface area (Å²) >= 11 is 0. The normalized spacial score (nSPS) is 18.9. The molecular weight excluding hydrogens is 370 g/mol. The number of ether oxygens (including phenoxy) is 1. The van der Waals surface area contributed by atoms with E-state index >= 15 is 0 Å². The van der Waals surface area contributed by atoms with Gasteiger partial charge >= 0.3 is 6.09 Å². The van der Waals surface area contributed by atoms with Crippen molar-refractivity contribution >= 4 is 17.5 Å². The van der Waals surface area contributed by atoms with Crippen molar-refractivity contribution in [2.24, 2.45) is 0 Å². The minimum absolute atomic E-state index is 0.231. The van der Waals surface area contributed by atoms with Gasteiger partial charge in [-0.05, 0) is 37.1 Å². The van der Waals surface area contributed by atoms with Crippen LogP contribution in [0.15, 0.2) is 42.1 Å². The quantitative estimate of drug-likeness (QED) is 0.737. The van der Waals surface area contributed by atoms with Crippen LogP contribution >= 0.6 is 0 Å². The molecule has 0 aliphatic carbocycles. The summed E-state index contributed by atoms with van der Waals surface area (Å²) in [6, 6.07) is 11.9. The third-order valence-electron chi connectivity index (χ3n) is 5.12. The van der Waals surface area contributed by atoms with E-state index in [1.807, 2.05) is 30.3 Å². The fourth-order valence-electron chi connectivity index (χ4n) is 3.61. The molecular formula is C20H19N7O2. The standard InChI is InChI=1S/C20H19N7O2/c21-8-5-15-6-9-25(10-7-15)17-1-3-18(4-2-17)27-14-19(29-20(27)28)13-26-12-16(11-22)23-24-26/h1-5,12,19H,6-7,9-10,13-14H2. The Morgan fingerprint density at radius 1 is 1.17 bits per heavy atom. The third-order valence-corrected chi connectivity index (χ3v) is 5.12. The van der Waals surface area contributed by atoms with E-state index in [1.54, 1.807) is 11.0 Å². The second-order valence-corrected chi connectivity index (χ2v) is 6.99. The van der Waals surface area contributed by atoms with Gasteiger partial charge in [0.15, 0.2) is 5.69 Å². The zero-order valence-electron chi connectivity index (χ0n) is 15.7. The maximum Gasteiger partial charge on any atom is 0.414 e. The second kappa shape index (κ2) is 8.03. The molecule has 9 heteroatoms. The molecule has 1 aromatic heterocycles. The molecule has 146 valence electrons. The number of carbonyl (C=O) groups is 1. The van der Waals surface area contributed by atoms with E-state index in [2.05, 4.69) is 21.3 Å². The Kier molecular flexibility index (Phi) is 5.12. The van der Waals surface area contributed by atoms with Crippen molar-refractivity contribution in [3.8, 4) is 12.1 Å². The molecule has 1 atom stereocenters. The number of nitrogens with zero attached hydrogens (tertiary/aromatic N) is 7. The maximum atomic E-state index is 12.3. The first-order valence-electron chi connectivity index (χ1n) is 9.37. The van der Waals surface area contributed by atoms with Gasteiger partial charge in [0.1, 0.15) is 12.2 Å². The number of carbonyl (C=O) groups excluding carboxylic acids is 1. The van der Waals surface area contributed by atoms with Gasteiger partial charge < -0.3 is 9.64 Å². The molecule has 2 aliphatic rings. The van der Waals surface area contributed by atoms with Crippen LogP contribution in [-0.2, 0) is 11.3 Å². The Balaban J connectivity index is 1.38. The van der Waals surface area contributed by atoms with Crippen molar-refractivity contribution in [3.63, 3.8) is 0 Å². The lowest BCUT2D eigenvalue weighted by Crippen LogP contribution is -2.30. The fraction of sp³-hybridized carbons (Fsp3) is 0.350. The topological polar surface area (TPSA) is 111 Å². The second-order valence-electron chi connectivity index (χ2n) is 6.99. The fourth-order valence-corrected chi connectivity index (χ4v) is 3.61. The average molecular weight is 389 g/mol. The lowest BCUT2D eigenvalue weighted by molar-refractivity contribution is 0.129. The van der Waals surface area contributed by atoms with Crippen LogP contribution < -0.4 is 9.80 Å². The van der Waals surface area contributed by atoms with Gasteiger partial charge in [0.05, 0.1) is 25.4 Å². The summed E-state index contributed by atoms with van der Waals surface area (Å²) in [6.45, 7) is 2.51. The lowest BCUT2D eigenvalue weighted by Gasteiger charge is -2.30. The molecule has 1 unspecified atom stereocenters. The number of benzene rings is 1. The molecule has 9 nitrogen and oxygen atoms in total. The molecule has 0 spiro atoms. The van der Waals surface area contributed by atoms with E-state index in [0.717, 1.165) is 37.3 Å². The number of hydrogen-bond donors (Lipinski definition) is 0. The Labute approximate surface area is 168 Å². The zero-order chi connectivity index (χ0) is 20.2. The van der Waals surface area contributed by atoms with Gasteiger partial charge in [-0.1, -0.05) is 10.8 Å². The minimum atomic E-state index is -0.396. The maximum absolute atomic E-state index is 12.3. The highest BCUT2D eigenvalue weighted by Gasteiger charge is 2.33. The van der Waals surface area contributed by atoms with Crippen LogP contribution in [0.4, 0.5) is 16.2 Å². The van der Waals surface area contributed by atoms with Crippen LogP contribution in [0.5, 0.6) is 0 Å². The van der Waals surface area contributed by atoms with E-state index in [4.69, 9.17) is 15.3 Å². The number of aromatic nitrogens is 3. The molecule has 2 aliphatic heterocycles. The molecule has 0 saturated carbocycles. The predicted octanol–water partition coefficient (Wildman–Crippen LogP) is 2.23. The molecule has 0 bridgehead atoms. The highest BCUT2D eigenvalue weighted by molar-refractivity contribution is 5.90. The first-order chi connectivity index (χ1) is 14.2. The van der Waals surface area contributed by atoms with Crippen LogP contribution in [0.25, 0.3) is 0 Å². The first kappa shape index (κ1) is 18.5. The summed E-state index contributed by atoms with van der Waals surface area (Å²) in [7, 11) is 0. The van der Waals surface area contributed by atoms with Gasteiger partial charge in [0, 0.05) is 30.5 Å². The van der Waals surface area contributed by atoms with Crippen molar-refractivity contribution in [2.75, 3.05) is 29.4 Å². The van der Waals surface area contributed by atoms with E-state index in [-0.39, 0.29) is 11.8 Å². The largest absolute Gasteiger partial charge is 0.442 e. The molecule has 4 rings (SSSR count). The van der Waals surface area contributed by atoms with Gasteiger partial charge in [-0.2, -0.15) is 10.5 Å². The Morgan fingerprint density at radius 2 is 1.90 bits per heavy atom. The van der Waals surface area contributed by atoms with Gasteiger partial charge in [0.25, 0.3) is 0 Å². The van der Waals surface area contributed by atoms with Crippen molar-refractivity contribution in [3.05, 3.63) is 47.8 Å². The van der Waals surface area contributed by atoms with Crippen molar-refractivity contribution in [2.45, 2.75) is 25.5 Å². The summed E-state index contributed by atoms with van der Waals surface area (Å²) < 4.78 is 6.94. The Morgan fingerprint density at radius 3 is 2.55 bits per heavy atom. The summed E-state index contributed by atoms with van der Waals surface area (Å²) in [4.78, 5) is 16.2. The highest BCUT2D eigenvalue weighted by Crippen LogP contribution is 2.27. The number of allylic oxidation sites excluding steroid dienone is 1. The van der Waals surface area contributed by atoms with Crippen LogP contribution in [0.2, 0.25) is 0 Å². The van der Waals surface area contributed by atoms with Crippen LogP contribution in [0.1, 0.15) is 18.5 Å². The summed E-state index contributed by atoms with van der Waals surface area (Å²) in [6.07, 6.45) is 4.21.